The van der Waals surface area contributed by atoms with Crippen LogP contribution in [0.15, 0.2) is 58.4 Å². The molecule has 0 unspecified atom stereocenters. The molecule has 25 heavy (non-hydrogen) atoms. The van der Waals surface area contributed by atoms with E-state index in [1.807, 2.05) is 35.7 Å². The van der Waals surface area contributed by atoms with Gasteiger partial charge < -0.3 is 4.74 Å². The first-order valence-corrected chi connectivity index (χ1v) is 8.96. The van der Waals surface area contributed by atoms with E-state index in [0.717, 1.165) is 15.7 Å². The summed E-state index contributed by atoms with van der Waals surface area (Å²) in [7, 11) is 0. The molecule has 2 aromatic carbocycles. The standard InChI is InChI=1S/C18H12BrN3O2S/c19-14-6-3-5-12(8-14)15-11-25-18(21-15)22-17(23)10-24-16-7-2-1-4-13(16)9-20/h1-8,11H,10H2,(H,21,22,23). The summed E-state index contributed by atoms with van der Waals surface area (Å²) in [5.74, 6) is 0.0528. The van der Waals surface area contributed by atoms with Gasteiger partial charge in [0.15, 0.2) is 11.7 Å². The first-order chi connectivity index (χ1) is 12.2. The number of amides is 1. The van der Waals surface area contributed by atoms with Gasteiger partial charge in [-0.15, -0.1) is 11.3 Å². The number of anilines is 1. The fourth-order valence-corrected chi connectivity index (χ4v) is 3.23. The number of para-hydroxylation sites is 1. The number of hydrogen-bond acceptors (Lipinski definition) is 5. The molecule has 0 fully saturated rings. The molecule has 0 aliphatic carbocycles. The Morgan fingerprint density at radius 2 is 2.12 bits per heavy atom. The largest absolute Gasteiger partial charge is 0.482 e. The quantitative estimate of drug-likeness (QED) is 0.669. The van der Waals surface area contributed by atoms with Crippen LogP contribution in [-0.2, 0) is 4.79 Å². The van der Waals surface area contributed by atoms with E-state index in [9.17, 15) is 4.79 Å². The maximum atomic E-state index is 12.0. The number of benzene rings is 2. The molecule has 0 radical (unpaired) electrons. The summed E-state index contributed by atoms with van der Waals surface area (Å²) in [6, 6.07) is 16.6. The Morgan fingerprint density at radius 1 is 1.28 bits per heavy atom. The van der Waals surface area contributed by atoms with Gasteiger partial charge in [0.05, 0.1) is 11.3 Å². The molecule has 3 aromatic rings. The highest BCUT2D eigenvalue weighted by atomic mass is 79.9. The van der Waals surface area contributed by atoms with Gasteiger partial charge in [0.2, 0.25) is 0 Å². The van der Waals surface area contributed by atoms with Crippen LogP contribution >= 0.6 is 27.3 Å². The van der Waals surface area contributed by atoms with Gasteiger partial charge >= 0.3 is 0 Å². The van der Waals surface area contributed by atoms with Crippen molar-refractivity contribution in [2.24, 2.45) is 0 Å². The van der Waals surface area contributed by atoms with Crippen molar-refractivity contribution in [1.82, 2.24) is 4.98 Å². The lowest BCUT2D eigenvalue weighted by atomic mass is 10.2. The predicted octanol–water partition coefficient (Wildman–Crippen LogP) is 4.46. The van der Waals surface area contributed by atoms with Crippen molar-refractivity contribution >= 4 is 38.3 Å². The van der Waals surface area contributed by atoms with E-state index in [4.69, 9.17) is 10.00 Å². The molecule has 124 valence electrons. The van der Waals surface area contributed by atoms with Crippen LogP contribution in [0.2, 0.25) is 0 Å². The second-order valence-electron chi connectivity index (χ2n) is 4.99. The fraction of sp³-hybridized carbons (Fsp3) is 0.0556. The van der Waals surface area contributed by atoms with E-state index in [1.165, 1.54) is 11.3 Å². The number of carbonyl (C=O) groups is 1. The van der Waals surface area contributed by atoms with Gasteiger partial charge in [-0.25, -0.2) is 4.98 Å². The fourth-order valence-electron chi connectivity index (χ4n) is 2.10. The number of thiazole rings is 1. The molecule has 7 heteroatoms. The molecule has 5 nitrogen and oxygen atoms in total. The lowest BCUT2D eigenvalue weighted by Gasteiger charge is -2.06. The second kappa shape index (κ2) is 7.92. The van der Waals surface area contributed by atoms with Crippen LogP contribution in [-0.4, -0.2) is 17.5 Å². The van der Waals surface area contributed by atoms with Gasteiger partial charge in [-0.05, 0) is 24.3 Å². The Bertz CT molecular complexity index is 949. The average molecular weight is 414 g/mol. The van der Waals surface area contributed by atoms with Crippen LogP contribution in [0.4, 0.5) is 5.13 Å². The number of nitrogens with zero attached hydrogens (tertiary/aromatic N) is 2. The molecule has 0 bridgehead atoms. The highest BCUT2D eigenvalue weighted by Gasteiger charge is 2.10. The summed E-state index contributed by atoms with van der Waals surface area (Å²) < 4.78 is 6.37. The number of aromatic nitrogens is 1. The molecule has 1 N–H and O–H groups in total. The summed E-state index contributed by atoms with van der Waals surface area (Å²) in [6.07, 6.45) is 0. The van der Waals surface area contributed by atoms with Gasteiger partial charge in [-0.1, -0.05) is 40.2 Å². The smallest absolute Gasteiger partial charge is 0.264 e. The van der Waals surface area contributed by atoms with E-state index in [-0.39, 0.29) is 12.5 Å². The van der Waals surface area contributed by atoms with Crippen molar-refractivity contribution in [3.8, 4) is 23.1 Å². The lowest BCUT2D eigenvalue weighted by Crippen LogP contribution is -2.20. The number of halogens is 1. The Kier molecular flexibility index (Phi) is 5.43. The molecular weight excluding hydrogens is 402 g/mol. The molecule has 0 atom stereocenters. The van der Waals surface area contributed by atoms with Crippen molar-refractivity contribution in [2.75, 3.05) is 11.9 Å². The van der Waals surface area contributed by atoms with E-state index in [0.29, 0.717) is 16.4 Å². The molecule has 1 aromatic heterocycles. The van der Waals surface area contributed by atoms with Gasteiger partial charge in [-0.2, -0.15) is 5.26 Å². The summed E-state index contributed by atoms with van der Waals surface area (Å²) in [5, 5.41) is 14.1. The zero-order valence-corrected chi connectivity index (χ0v) is 15.3. The third-order valence-electron chi connectivity index (χ3n) is 3.24. The maximum absolute atomic E-state index is 12.0. The summed E-state index contributed by atoms with van der Waals surface area (Å²) in [4.78, 5) is 16.4. The van der Waals surface area contributed by atoms with Crippen LogP contribution in [0.25, 0.3) is 11.3 Å². The topological polar surface area (TPSA) is 75.0 Å². The van der Waals surface area contributed by atoms with Gasteiger partial charge in [0.1, 0.15) is 11.8 Å². The van der Waals surface area contributed by atoms with Gasteiger partial charge in [-0.3, -0.25) is 10.1 Å². The Hall–Kier alpha value is -2.69. The van der Waals surface area contributed by atoms with Crippen molar-refractivity contribution in [2.45, 2.75) is 0 Å². The second-order valence-corrected chi connectivity index (χ2v) is 6.77. The van der Waals surface area contributed by atoms with Crippen molar-refractivity contribution in [3.05, 3.63) is 63.9 Å². The van der Waals surface area contributed by atoms with Crippen molar-refractivity contribution in [1.29, 1.82) is 5.26 Å². The number of nitrogens with one attached hydrogen (secondary N) is 1. The monoisotopic (exact) mass is 413 g/mol. The minimum atomic E-state index is -0.331. The lowest BCUT2D eigenvalue weighted by molar-refractivity contribution is -0.118. The number of rotatable bonds is 5. The van der Waals surface area contributed by atoms with Gasteiger partial charge in [0.25, 0.3) is 5.91 Å². The Morgan fingerprint density at radius 3 is 2.92 bits per heavy atom. The van der Waals surface area contributed by atoms with Crippen molar-refractivity contribution in [3.63, 3.8) is 0 Å². The molecule has 0 spiro atoms. The number of ether oxygens (including phenoxy) is 1. The Labute approximate surface area is 157 Å². The molecule has 1 amide bonds. The Balaban J connectivity index is 1.61. The van der Waals surface area contributed by atoms with Crippen molar-refractivity contribution < 1.29 is 9.53 Å². The number of nitriles is 1. The van der Waals surface area contributed by atoms with Crippen LogP contribution in [0.1, 0.15) is 5.56 Å². The average Bonchev–Trinajstić information content (AvgIpc) is 3.08. The molecule has 0 saturated carbocycles. The van der Waals surface area contributed by atoms with Gasteiger partial charge in [0, 0.05) is 15.4 Å². The maximum Gasteiger partial charge on any atom is 0.264 e. The first kappa shape index (κ1) is 17.1. The molecular formula is C18H12BrN3O2S. The SMILES string of the molecule is N#Cc1ccccc1OCC(=O)Nc1nc(-c2cccc(Br)c2)cs1. The van der Waals surface area contributed by atoms with Crippen LogP contribution in [0.5, 0.6) is 5.75 Å². The molecule has 1 heterocycles. The normalized spacial score (nSPS) is 10.1. The first-order valence-electron chi connectivity index (χ1n) is 7.29. The highest BCUT2D eigenvalue weighted by Crippen LogP contribution is 2.26. The molecule has 3 rings (SSSR count). The number of carbonyl (C=O) groups excluding carboxylic acids is 1. The summed E-state index contributed by atoms with van der Waals surface area (Å²) >= 11 is 4.77. The van der Waals surface area contributed by atoms with E-state index in [2.05, 4.69) is 26.2 Å². The molecule has 0 aliphatic rings. The zero-order valence-electron chi connectivity index (χ0n) is 12.9. The minimum Gasteiger partial charge on any atom is -0.482 e. The molecule has 0 aliphatic heterocycles. The number of hydrogen-bond donors (Lipinski definition) is 1. The van der Waals surface area contributed by atoms with E-state index < -0.39 is 0 Å². The predicted molar refractivity (Wildman–Crippen MR) is 101 cm³/mol. The zero-order chi connectivity index (χ0) is 17.6. The third kappa shape index (κ3) is 4.44. The highest BCUT2D eigenvalue weighted by molar-refractivity contribution is 9.10. The minimum absolute atomic E-state index is 0.190. The van der Waals surface area contributed by atoms with E-state index >= 15 is 0 Å². The summed E-state index contributed by atoms with van der Waals surface area (Å²) in [6.45, 7) is -0.190. The van der Waals surface area contributed by atoms with Crippen LogP contribution in [0, 0.1) is 11.3 Å². The van der Waals surface area contributed by atoms with E-state index in [1.54, 1.807) is 24.3 Å². The van der Waals surface area contributed by atoms with Crippen LogP contribution in [0.3, 0.4) is 0 Å². The summed E-state index contributed by atoms with van der Waals surface area (Å²) in [5.41, 5.74) is 2.14. The molecule has 0 saturated heterocycles. The van der Waals surface area contributed by atoms with Crippen LogP contribution < -0.4 is 10.1 Å². The third-order valence-corrected chi connectivity index (χ3v) is 4.49.